The van der Waals surface area contributed by atoms with Crippen LogP contribution in [0.1, 0.15) is 34.0 Å². The van der Waals surface area contributed by atoms with Crippen molar-refractivity contribution in [2.75, 3.05) is 0 Å². The summed E-state index contributed by atoms with van der Waals surface area (Å²) in [7, 11) is 0. The Kier molecular flexibility index (Phi) is 3.07. The Bertz CT molecular complexity index is 493. The highest BCUT2D eigenvalue weighted by molar-refractivity contribution is 7.09. The van der Waals surface area contributed by atoms with Crippen molar-refractivity contribution in [3.05, 3.63) is 46.2 Å². The van der Waals surface area contributed by atoms with E-state index in [-0.39, 0.29) is 11.8 Å². The maximum Gasteiger partial charge on any atom is 0.213 e. The molecule has 0 aliphatic rings. The van der Waals surface area contributed by atoms with Crippen molar-refractivity contribution in [3.63, 3.8) is 0 Å². The first-order chi connectivity index (χ1) is 7.68. The molecule has 2 aromatic heterocycles. The lowest BCUT2D eigenvalue weighted by Gasteiger charge is -1.97. The molecule has 2 aromatic rings. The Morgan fingerprint density at radius 3 is 2.94 bits per heavy atom. The summed E-state index contributed by atoms with van der Waals surface area (Å²) in [6, 6.07) is 3.31. The Morgan fingerprint density at radius 1 is 1.56 bits per heavy atom. The molecule has 82 valence electrons. The molecule has 2 heterocycles. The average Bonchev–Trinajstić information content (AvgIpc) is 2.78. The largest absolute Gasteiger partial charge is 0.322 e. The molecular weight excluding hydrogens is 222 g/mol. The predicted molar refractivity (Wildman–Crippen MR) is 62.4 cm³/mol. The van der Waals surface area contributed by atoms with Gasteiger partial charge in [0.05, 0.1) is 6.04 Å². The lowest BCUT2D eigenvalue weighted by atomic mass is 10.1. The van der Waals surface area contributed by atoms with Crippen LogP contribution in [0.25, 0.3) is 0 Å². The van der Waals surface area contributed by atoms with Gasteiger partial charge in [-0.05, 0) is 19.1 Å². The number of carbonyl (C=O) groups excluding carboxylic acids is 1. The van der Waals surface area contributed by atoms with Gasteiger partial charge < -0.3 is 5.73 Å². The zero-order chi connectivity index (χ0) is 11.5. The van der Waals surface area contributed by atoms with E-state index >= 15 is 0 Å². The molecule has 0 aliphatic heterocycles. The molecule has 4 nitrogen and oxygen atoms in total. The van der Waals surface area contributed by atoms with Gasteiger partial charge in [-0.2, -0.15) is 0 Å². The zero-order valence-corrected chi connectivity index (χ0v) is 9.57. The summed E-state index contributed by atoms with van der Waals surface area (Å²) < 4.78 is 0. The van der Waals surface area contributed by atoms with Crippen molar-refractivity contribution >= 4 is 17.1 Å². The summed E-state index contributed by atoms with van der Waals surface area (Å²) in [6.45, 7) is 1.84. The standard InChI is InChI=1S/C11H11N3OS/c1-7(12)11-14-9(6-16-11)10(15)8-3-2-4-13-5-8/h2-7H,12H2,1H3. The van der Waals surface area contributed by atoms with Crippen LogP contribution >= 0.6 is 11.3 Å². The molecule has 0 saturated carbocycles. The van der Waals surface area contributed by atoms with Crippen LogP contribution in [0.3, 0.4) is 0 Å². The summed E-state index contributed by atoms with van der Waals surface area (Å²) in [5.74, 6) is -0.115. The topological polar surface area (TPSA) is 68.9 Å². The number of nitrogens with two attached hydrogens (primary N) is 1. The number of rotatable bonds is 3. The highest BCUT2D eigenvalue weighted by atomic mass is 32.1. The van der Waals surface area contributed by atoms with E-state index in [1.807, 2.05) is 6.92 Å². The van der Waals surface area contributed by atoms with Gasteiger partial charge in [0.2, 0.25) is 5.78 Å². The molecule has 0 amide bonds. The highest BCUT2D eigenvalue weighted by Gasteiger charge is 2.14. The number of pyridine rings is 1. The first-order valence-electron chi connectivity index (χ1n) is 4.84. The Morgan fingerprint density at radius 2 is 2.38 bits per heavy atom. The maximum atomic E-state index is 11.9. The second-order valence-corrected chi connectivity index (χ2v) is 4.32. The summed E-state index contributed by atoms with van der Waals surface area (Å²) in [6.07, 6.45) is 3.17. The SMILES string of the molecule is CC(N)c1nc(C(=O)c2cccnc2)cs1. The van der Waals surface area contributed by atoms with Crippen LogP contribution in [-0.4, -0.2) is 15.8 Å². The van der Waals surface area contributed by atoms with Crippen molar-refractivity contribution in [3.8, 4) is 0 Å². The van der Waals surface area contributed by atoms with Gasteiger partial charge >= 0.3 is 0 Å². The van der Waals surface area contributed by atoms with E-state index < -0.39 is 0 Å². The molecule has 2 rings (SSSR count). The monoisotopic (exact) mass is 233 g/mol. The van der Waals surface area contributed by atoms with Crippen molar-refractivity contribution < 1.29 is 4.79 Å². The van der Waals surface area contributed by atoms with Crippen molar-refractivity contribution in [2.24, 2.45) is 5.73 Å². The third-order valence-electron chi connectivity index (χ3n) is 2.07. The number of hydrogen-bond donors (Lipinski definition) is 1. The average molecular weight is 233 g/mol. The van der Waals surface area contributed by atoms with Gasteiger partial charge in [-0.15, -0.1) is 11.3 Å². The highest BCUT2D eigenvalue weighted by Crippen LogP contribution is 2.17. The van der Waals surface area contributed by atoms with E-state index in [1.54, 1.807) is 23.7 Å². The lowest BCUT2D eigenvalue weighted by molar-refractivity contribution is 0.103. The van der Waals surface area contributed by atoms with Crippen LogP contribution < -0.4 is 5.73 Å². The Labute approximate surface area is 97.2 Å². The Hall–Kier alpha value is -1.59. The predicted octanol–water partition coefficient (Wildman–Crippen LogP) is 1.79. The number of hydrogen-bond acceptors (Lipinski definition) is 5. The molecule has 0 fully saturated rings. The van der Waals surface area contributed by atoms with E-state index in [1.165, 1.54) is 17.5 Å². The first kappa shape index (κ1) is 10.9. The second-order valence-electron chi connectivity index (χ2n) is 3.43. The van der Waals surface area contributed by atoms with Gasteiger partial charge in [0.15, 0.2) is 0 Å². The normalized spacial score (nSPS) is 12.4. The fourth-order valence-corrected chi connectivity index (χ4v) is 2.00. The second kappa shape index (κ2) is 4.51. The molecule has 1 atom stereocenters. The summed E-state index contributed by atoms with van der Waals surface area (Å²) in [5, 5.41) is 2.50. The van der Waals surface area contributed by atoms with Gasteiger partial charge in [-0.1, -0.05) is 0 Å². The van der Waals surface area contributed by atoms with E-state index in [0.717, 1.165) is 5.01 Å². The minimum Gasteiger partial charge on any atom is -0.322 e. The van der Waals surface area contributed by atoms with Crippen molar-refractivity contribution in [2.45, 2.75) is 13.0 Å². The van der Waals surface area contributed by atoms with Crippen molar-refractivity contribution in [1.29, 1.82) is 0 Å². The number of carbonyl (C=O) groups is 1. The molecule has 0 bridgehead atoms. The fourth-order valence-electron chi connectivity index (χ4n) is 1.25. The van der Waals surface area contributed by atoms with E-state index in [2.05, 4.69) is 9.97 Å². The number of thiazole rings is 1. The fraction of sp³-hybridized carbons (Fsp3) is 0.182. The zero-order valence-electron chi connectivity index (χ0n) is 8.75. The van der Waals surface area contributed by atoms with Crippen LogP contribution in [0.5, 0.6) is 0 Å². The van der Waals surface area contributed by atoms with Crippen LogP contribution in [0, 0.1) is 0 Å². The smallest absolute Gasteiger partial charge is 0.213 e. The molecule has 0 aliphatic carbocycles. The Balaban J connectivity index is 2.28. The van der Waals surface area contributed by atoms with Gasteiger partial charge in [0.25, 0.3) is 0 Å². The number of nitrogens with zero attached hydrogens (tertiary/aromatic N) is 2. The van der Waals surface area contributed by atoms with E-state index in [9.17, 15) is 4.79 Å². The molecule has 0 aromatic carbocycles. The maximum absolute atomic E-state index is 11.9. The van der Waals surface area contributed by atoms with Gasteiger partial charge in [0, 0.05) is 23.3 Å². The summed E-state index contributed by atoms with van der Waals surface area (Å²) >= 11 is 1.40. The van der Waals surface area contributed by atoms with Crippen LogP contribution in [0.15, 0.2) is 29.9 Å². The molecule has 16 heavy (non-hydrogen) atoms. The van der Waals surface area contributed by atoms with E-state index in [0.29, 0.717) is 11.3 Å². The summed E-state index contributed by atoms with van der Waals surface area (Å²) in [5.41, 5.74) is 6.67. The number of aromatic nitrogens is 2. The molecule has 0 spiro atoms. The molecule has 0 saturated heterocycles. The van der Waals surface area contributed by atoms with Crippen molar-refractivity contribution in [1.82, 2.24) is 9.97 Å². The number of ketones is 1. The van der Waals surface area contributed by atoms with Gasteiger partial charge in [-0.25, -0.2) is 4.98 Å². The van der Waals surface area contributed by atoms with Crippen LogP contribution in [-0.2, 0) is 0 Å². The van der Waals surface area contributed by atoms with Crippen LogP contribution in [0.4, 0.5) is 0 Å². The molecule has 0 radical (unpaired) electrons. The minimum atomic E-state index is -0.138. The van der Waals surface area contributed by atoms with E-state index in [4.69, 9.17) is 5.73 Å². The van der Waals surface area contributed by atoms with Crippen LogP contribution in [0.2, 0.25) is 0 Å². The molecular formula is C11H11N3OS. The summed E-state index contributed by atoms with van der Waals surface area (Å²) in [4.78, 5) is 20.1. The minimum absolute atomic E-state index is 0.115. The quantitative estimate of drug-likeness (QED) is 0.820. The first-order valence-corrected chi connectivity index (χ1v) is 5.72. The third-order valence-corrected chi connectivity index (χ3v) is 3.11. The molecule has 2 N–H and O–H groups in total. The van der Waals surface area contributed by atoms with Gasteiger partial charge in [-0.3, -0.25) is 9.78 Å². The third kappa shape index (κ3) is 2.15. The van der Waals surface area contributed by atoms with Gasteiger partial charge in [0.1, 0.15) is 10.7 Å². The molecule has 5 heteroatoms. The molecule has 1 unspecified atom stereocenters. The lowest BCUT2D eigenvalue weighted by Crippen LogP contribution is -2.06.